The Hall–Kier alpha value is -1.31. The Labute approximate surface area is 120 Å². The van der Waals surface area contributed by atoms with Crippen molar-refractivity contribution >= 4 is 11.6 Å². The van der Waals surface area contributed by atoms with Gasteiger partial charge in [-0.2, -0.15) is 0 Å². The number of hydrogen-bond acceptors (Lipinski definition) is 1. The molecule has 0 saturated carbocycles. The Bertz CT molecular complexity index is 597. The van der Waals surface area contributed by atoms with Crippen molar-refractivity contribution in [1.29, 1.82) is 0 Å². The molecule has 1 nitrogen and oxygen atoms in total. The van der Waals surface area contributed by atoms with Crippen LogP contribution in [0.15, 0.2) is 30.3 Å². The van der Waals surface area contributed by atoms with Gasteiger partial charge >= 0.3 is 0 Å². The summed E-state index contributed by atoms with van der Waals surface area (Å²) in [6.07, 6.45) is 0. The molecule has 100 valence electrons. The summed E-state index contributed by atoms with van der Waals surface area (Å²) >= 11 is 6.37. The summed E-state index contributed by atoms with van der Waals surface area (Å²) in [7, 11) is 0. The maximum atomic E-state index is 6.45. The van der Waals surface area contributed by atoms with E-state index in [4.69, 9.17) is 17.3 Å². The van der Waals surface area contributed by atoms with Gasteiger partial charge in [-0.3, -0.25) is 0 Å². The molecule has 2 N–H and O–H groups in total. The van der Waals surface area contributed by atoms with Crippen molar-refractivity contribution < 1.29 is 0 Å². The lowest BCUT2D eigenvalue weighted by Gasteiger charge is -2.20. The van der Waals surface area contributed by atoms with Crippen LogP contribution in [0.4, 0.5) is 0 Å². The fraction of sp³-hybridized carbons (Fsp3) is 0.294. The van der Waals surface area contributed by atoms with Crippen LogP contribution in [0.2, 0.25) is 5.02 Å². The molecule has 1 atom stereocenters. The molecule has 0 bridgehead atoms. The summed E-state index contributed by atoms with van der Waals surface area (Å²) in [5, 5.41) is 0.748. The van der Waals surface area contributed by atoms with E-state index in [9.17, 15) is 0 Å². The lowest BCUT2D eigenvalue weighted by Crippen LogP contribution is -2.15. The van der Waals surface area contributed by atoms with Gasteiger partial charge in [-0.15, -0.1) is 0 Å². The van der Waals surface area contributed by atoms with E-state index in [1.807, 2.05) is 6.07 Å². The van der Waals surface area contributed by atoms with Crippen LogP contribution in [-0.4, -0.2) is 0 Å². The Morgan fingerprint density at radius 1 is 0.895 bits per heavy atom. The average molecular weight is 274 g/mol. The largest absolute Gasteiger partial charge is 0.320 e. The predicted octanol–water partition coefficient (Wildman–Crippen LogP) is 4.62. The summed E-state index contributed by atoms with van der Waals surface area (Å²) in [5.74, 6) is 0. The van der Waals surface area contributed by atoms with E-state index in [0.717, 1.165) is 10.6 Å². The number of rotatable bonds is 2. The maximum Gasteiger partial charge on any atom is 0.0571 e. The zero-order valence-corrected chi connectivity index (χ0v) is 12.7. The van der Waals surface area contributed by atoms with Gasteiger partial charge in [-0.1, -0.05) is 35.9 Å². The van der Waals surface area contributed by atoms with Crippen LogP contribution in [0.25, 0.3) is 0 Å². The van der Waals surface area contributed by atoms with E-state index >= 15 is 0 Å². The SMILES string of the molecule is Cc1cc(Cl)c(C(N)c2c(C)cccc2C)cc1C. The van der Waals surface area contributed by atoms with E-state index in [-0.39, 0.29) is 6.04 Å². The summed E-state index contributed by atoms with van der Waals surface area (Å²) in [6, 6.07) is 10.2. The number of aryl methyl sites for hydroxylation is 4. The molecule has 19 heavy (non-hydrogen) atoms. The molecule has 1 unspecified atom stereocenters. The van der Waals surface area contributed by atoms with Gasteiger partial charge in [0.15, 0.2) is 0 Å². The van der Waals surface area contributed by atoms with Crippen LogP contribution in [-0.2, 0) is 0 Å². The molecular weight excluding hydrogens is 254 g/mol. The second-order valence-corrected chi connectivity index (χ2v) is 5.65. The highest BCUT2D eigenvalue weighted by Gasteiger charge is 2.17. The molecule has 0 aromatic heterocycles. The van der Waals surface area contributed by atoms with Gasteiger partial charge < -0.3 is 5.73 Å². The van der Waals surface area contributed by atoms with E-state index in [2.05, 4.69) is 52.0 Å². The van der Waals surface area contributed by atoms with Crippen molar-refractivity contribution in [1.82, 2.24) is 0 Å². The average Bonchev–Trinajstić information content (AvgIpc) is 2.33. The lowest BCUT2D eigenvalue weighted by molar-refractivity contribution is 0.849. The van der Waals surface area contributed by atoms with Crippen molar-refractivity contribution in [2.24, 2.45) is 5.73 Å². The molecule has 0 saturated heterocycles. The Morgan fingerprint density at radius 2 is 1.42 bits per heavy atom. The fourth-order valence-electron chi connectivity index (χ4n) is 2.52. The predicted molar refractivity (Wildman–Crippen MR) is 82.9 cm³/mol. The first-order chi connectivity index (χ1) is 8.91. The Morgan fingerprint density at radius 3 is 2.00 bits per heavy atom. The molecule has 0 heterocycles. The standard InChI is InChI=1S/C17H20ClN/c1-10-6-5-7-11(2)16(10)17(19)14-8-12(3)13(4)9-15(14)18/h5-9,17H,19H2,1-4H3. The number of nitrogens with two attached hydrogens (primary N) is 1. The monoisotopic (exact) mass is 273 g/mol. The van der Waals surface area contributed by atoms with Crippen LogP contribution in [0.1, 0.15) is 39.4 Å². The third kappa shape index (κ3) is 2.68. The van der Waals surface area contributed by atoms with Crippen LogP contribution in [0, 0.1) is 27.7 Å². The minimum Gasteiger partial charge on any atom is -0.320 e. The second kappa shape index (κ2) is 5.36. The first kappa shape index (κ1) is 14.1. The smallest absolute Gasteiger partial charge is 0.0571 e. The molecule has 2 aromatic carbocycles. The zero-order valence-electron chi connectivity index (χ0n) is 11.9. The highest BCUT2D eigenvalue weighted by molar-refractivity contribution is 6.31. The molecule has 0 aliphatic rings. The summed E-state index contributed by atoms with van der Waals surface area (Å²) in [5.41, 5.74) is 13.5. The summed E-state index contributed by atoms with van der Waals surface area (Å²) in [4.78, 5) is 0. The minimum absolute atomic E-state index is 0.173. The van der Waals surface area contributed by atoms with Crippen LogP contribution >= 0.6 is 11.6 Å². The number of hydrogen-bond donors (Lipinski definition) is 1. The normalized spacial score (nSPS) is 12.5. The van der Waals surface area contributed by atoms with Gasteiger partial charge in [0.25, 0.3) is 0 Å². The Kier molecular flexibility index (Phi) is 3.98. The maximum absolute atomic E-state index is 6.45. The number of benzene rings is 2. The molecule has 0 amide bonds. The number of halogens is 1. The van der Waals surface area contributed by atoms with Crippen LogP contribution < -0.4 is 5.73 Å². The van der Waals surface area contributed by atoms with Gasteiger partial charge in [-0.25, -0.2) is 0 Å². The van der Waals surface area contributed by atoms with Crippen molar-refractivity contribution in [3.05, 3.63) is 68.7 Å². The van der Waals surface area contributed by atoms with Crippen molar-refractivity contribution in [2.45, 2.75) is 33.7 Å². The Balaban J connectivity index is 2.56. The molecule has 0 fully saturated rings. The summed E-state index contributed by atoms with van der Waals surface area (Å²) < 4.78 is 0. The molecule has 2 rings (SSSR count). The van der Waals surface area contributed by atoms with Crippen LogP contribution in [0.5, 0.6) is 0 Å². The molecule has 2 aromatic rings. The molecule has 0 aliphatic carbocycles. The van der Waals surface area contributed by atoms with E-state index in [1.54, 1.807) is 0 Å². The highest BCUT2D eigenvalue weighted by atomic mass is 35.5. The third-order valence-corrected chi connectivity index (χ3v) is 4.13. The fourth-order valence-corrected chi connectivity index (χ4v) is 2.85. The van der Waals surface area contributed by atoms with E-state index in [1.165, 1.54) is 27.8 Å². The minimum atomic E-state index is -0.173. The topological polar surface area (TPSA) is 26.0 Å². The van der Waals surface area contributed by atoms with Crippen LogP contribution in [0.3, 0.4) is 0 Å². The molecule has 0 aliphatic heterocycles. The first-order valence-corrected chi connectivity index (χ1v) is 6.88. The first-order valence-electron chi connectivity index (χ1n) is 6.50. The second-order valence-electron chi connectivity index (χ2n) is 5.24. The summed E-state index contributed by atoms with van der Waals surface area (Å²) in [6.45, 7) is 8.34. The molecule has 2 heteroatoms. The van der Waals surface area contributed by atoms with Crippen molar-refractivity contribution in [3.63, 3.8) is 0 Å². The van der Waals surface area contributed by atoms with Gasteiger partial charge in [0.1, 0.15) is 0 Å². The molecular formula is C17H20ClN. The van der Waals surface area contributed by atoms with Crippen molar-refractivity contribution in [2.75, 3.05) is 0 Å². The van der Waals surface area contributed by atoms with Crippen molar-refractivity contribution in [3.8, 4) is 0 Å². The quantitative estimate of drug-likeness (QED) is 0.849. The van der Waals surface area contributed by atoms with Gasteiger partial charge in [-0.05, 0) is 67.1 Å². The van der Waals surface area contributed by atoms with Gasteiger partial charge in [0.05, 0.1) is 6.04 Å². The van der Waals surface area contributed by atoms with E-state index < -0.39 is 0 Å². The molecule has 0 radical (unpaired) electrons. The zero-order chi connectivity index (χ0) is 14.2. The van der Waals surface area contributed by atoms with Gasteiger partial charge in [0, 0.05) is 5.02 Å². The van der Waals surface area contributed by atoms with E-state index in [0.29, 0.717) is 0 Å². The lowest BCUT2D eigenvalue weighted by atomic mass is 9.90. The molecule has 0 spiro atoms. The van der Waals surface area contributed by atoms with Gasteiger partial charge in [0.2, 0.25) is 0 Å². The third-order valence-electron chi connectivity index (χ3n) is 3.80. The highest BCUT2D eigenvalue weighted by Crippen LogP contribution is 2.32.